The van der Waals surface area contributed by atoms with E-state index in [0.29, 0.717) is 17.9 Å². The number of piperidine rings is 1. The Bertz CT molecular complexity index is 670. The van der Waals surface area contributed by atoms with Crippen LogP contribution in [-0.2, 0) is 4.79 Å². The summed E-state index contributed by atoms with van der Waals surface area (Å²) in [6, 6.07) is 8.81. The summed E-state index contributed by atoms with van der Waals surface area (Å²) in [4.78, 5) is 17.2. The molecule has 1 aliphatic heterocycles. The zero-order valence-corrected chi connectivity index (χ0v) is 10.7. The average Bonchev–Trinajstić information content (AvgIpc) is 3.12. The average molecular weight is 252 g/mol. The van der Waals surface area contributed by atoms with E-state index in [1.807, 2.05) is 23.4 Å². The van der Waals surface area contributed by atoms with Crippen LogP contribution >= 0.6 is 0 Å². The van der Waals surface area contributed by atoms with Crippen molar-refractivity contribution in [3.63, 3.8) is 0 Å². The van der Waals surface area contributed by atoms with Crippen molar-refractivity contribution in [3.05, 3.63) is 42.2 Å². The first kappa shape index (κ1) is 10.9. The van der Waals surface area contributed by atoms with Gasteiger partial charge in [-0.15, -0.1) is 0 Å². The van der Waals surface area contributed by atoms with Gasteiger partial charge in [-0.1, -0.05) is 6.07 Å². The lowest BCUT2D eigenvalue weighted by Gasteiger charge is -2.23. The number of aromatic nitrogens is 1. The fraction of sp³-hybridized carbons (Fsp3) is 0.312. The number of hydrogen-bond acceptors (Lipinski definition) is 1. The van der Waals surface area contributed by atoms with Crippen molar-refractivity contribution in [2.45, 2.75) is 25.3 Å². The van der Waals surface area contributed by atoms with E-state index < -0.39 is 0 Å². The summed E-state index contributed by atoms with van der Waals surface area (Å²) in [6.07, 6.45) is 9.27. The second kappa shape index (κ2) is 3.98. The monoisotopic (exact) mass is 252 g/mol. The van der Waals surface area contributed by atoms with Crippen molar-refractivity contribution in [2.75, 3.05) is 0 Å². The van der Waals surface area contributed by atoms with E-state index in [-0.39, 0.29) is 0 Å². The molecule has 19 heavy (non-hydrogen) atoms. The van der Waals surface area contributed by atoms with E-state index in [0.717, 1.165) is 30.3 Å². The molecule has 2 bridgehead atoms. The fourth-order valence-electron chi connectivity index (χ4n) is 3.36. The quantitative estimate of drug-likeness (QED) is 0.875. The van der Waals surface area contributed by atoms with Gasteiger partial charge in [0.05, 0.1) is 0 Å². The van der Waals surface area contributed by atoms with Gasteiger partial charge in [0.2, 0.25) is 5.91 Å². The van der Waals surface area contributed by atoms with E-state index in [9.17, 15) is 4.79 Å². The van der Waals surface area contributed by atoms with Crippen LogP contribution in [-0.4, -0.2) is 21.8 Å². The molecule has 1 N–H and O–H groups in total. The number of nitrogens with one attached hydrogen (secondary N) is 1. The zero-order valence-electron chi connectivity index (χ0n) is 10.7. The summed E-state index contributed by atoms with van der Waals surface area (Å²) < 4.78 is 0. The molecule has 1 amide bonds. The summed E-state index contributed by atoms with van der Waals surface area (Å²) >= 11 is 0. The molecule has 3 nitrogen and oxygen atoms in total. The third-order valence-electron chi connectivity index (χ3n) is 4.41. The van der Waals surface area contributed by atoms with Crippen molar-refractivity contribution in [1.82, 2.24) is 9.88 Å². The molecule has 2 heterocycles. The van der Waals surface area contributed by atoms with E-state index in [2.05, 4.69) is 29.2 Å². The number of carbonyl (C=O) groups is 1. The molecule has 2 fully saturated rings. The summed E-state index contributed by atoms with van der Waals surface area (Å²) in [7, 11) is 0. The minimum Gasteiger partial charge on any atom is -0.361 e. The normalized spacial score (nSPS) is 26.1. The Kier molecular flexibility index (Phi) is 2.28. The predicted molar refractivity (Wildman–Crippen MR) is 75.3 cm³/mol. The first-order valence-corrected chi connectivity index (χ1v) is 6.89. The maximum absolute atomic E-state index is 12.0. The number of amides is 1. The Morgan fingerprint density at radius 3 is 3.05 bits per heavy atom. The number of aromatic amines is 1. The van der Waals surface area contributed by atoms with Gasteiger partial charge in [-0.3, -0.25) is 4.79 Å². The lowest BCUT2D eigenvalue weighted by molar-refractivity contribution is -0.131. The molecule has 2 atom stereocenters. The van der Waals surface area contributed by atoms with Gasteiger partial charge in [0.1, 0.15) is 0 Å². The van der Waals surface area contributed by atoms with Crippen LogP contribution in [0.2, 0.25) is 0 Å². The zero-order chi connectivity index (χ0) is 12.8. The van der Waals surface area contributed by atoms with Gasteiger partial charge in [-0.05, 0) is 54.5 Å². The van der Waals surface area contributed by atoms with E-state index >= 15 is 0 Å². The Balaban J connectivity index is 1.60. The molecular formula is C16H16N2O. The number of H-pyrrole nitrogens is 1. The number of benzene rings is 1. The molecule has 0 unspecified atom stereocenters. The minimum absolute atomic E-state index is 0.293. The summed E-state index contributed by atoms with van der Waals surface area (Å²) in [5, 5.41) is 1.21. The maximum Gasteiger partial charge on any atom is 0.229 e. The molecule has 2 aliphatic rings. The third-order valence-corrected chi connectivity index (χ3v) is 4.41. The number of carbonyl (C=O) groups excluding carboxylic acids is 1. The molecule has 0 radical (unpaired) electrons. The van der Waals surface area contributed by atoms with Crippen molar-refractivity contribution in [3.8, 4) is 0 Å². The highest BCUT2D eigenvalue weighted by atomic mass is 16.2. The standard InChI is InChI=1S/C16H16N2O/c19-16-13-2-3-14(10-13)18(16)8-6-11-1-4-15-12(9-11)5-7-17-15/h1,4-9,13-14,17H,2-3,10H2/b8-6+/t13-,14+/m1/s1. The summed E-state index contributed by atoms with van der Waals surface area (Å²) in [6.45, 7) is 0. The van der Waals surface area contributed by atoms with Crippen molar-refractivity contribution >= 4 is 22.9 Å². The number of hydrogen-bond donors (Lipinski definition) is 1. The van der Waals surface area contributed by atoms with Gasteiger partial charge in [0.25, 0.3) is 0 Å². The largest absolute Gasteiger partial charge is 0.361 e. The lowest BCUT2D eigenvalue weighted by Crippen LogP contribution is -2.32. The molecule has 1 aliphatic carbocycles. The fourth-order valence-corrected chi connectivity index (χ4v) is 3.36. The molecule has 96 valence electrons. The highest BCUT2D eigenvalue weighted by molar-refractivity contribution is 5.85. The molecule has 3 heteroatoms. The van der Waals surface area contributed by atoms with Crippen molar-refractivity contribution in [2.24, 2.45) is 5.92 Å². The van der Waals surface area contributed by atoms with Crippen LogP contribution < -0.4 is 0 Å². The molecule has 1 saturated heterocycles. The highest BCUT2D eigenvalue weighted by Crippen LogP contribution is 2.38. The first-order valence-electron chi connectivity index (χ1n) is 6.89. The van der Waals surface area contributed by atoms with E-state index in [1.54, 1.807) is 0 Å². The molecule has 1 saturated carbocycles. The van der Waals surface area contributed by atoms with Crippen molar-refractivity contribution < 1.29 is 4.79 Å². The van der Waals surface area contributed by atoms with Gasteiger partial charge in [-0.2, -0.15) is 0 Å². The smallest absolute Gasteiger partial charge is 0.229 e. The van der Waals surface area contributed by atoms with Gasteiger partial charge in [-0.25, -0.2) is 0 Å². The summed E-state index contributed by atoms with van der Waals surface area (Å²) in [5.74, 6) is 0.608. The number of fused-ring (bicyclic) bond motifs is 3. The molecule has 4 rings (SSSR count). The van der Waals surface area contributed by atoms with Crippen LogP contribution in [0.3, 0.4) is 0 Å². The Hall–Kier alpha value is -2.03. The van der Waals surface area contributed by atoms with Crippen molar-refractivity contribution in [1.29, 1.82) is 0 Å². The Labute approximate surface area is 111 Å². The SMILES string of the molecule is O=C1[C@@H]2CC[C@@H](C2)N1/C=C/c1ccc2[nH]ccc2c1. The van der Waals surface area contributed by atoms with Crippen LogP contribution in [0.5, 0.6) is 0 Å². The Morgan fingerprint density at radius 1 is 1.26 bits per heavy atom. The minimum atomic E-state index is 0.293. The number of likely N-dealkylation sites (tertiary alicyclic amines) is 1. The Morgan fingerprint density at radius 2 is 2.21 bits per heavy atom. The molecule has 0 spiro atoms. The highest BCUT2D eigenvalue weighted by Gasteiger charge is 2.43. The van der Waals surface area contributed by atoms with Gasteiger partial charge < -0.3 is 9.88 Å². The van der Waals surface area contributed by atoms with E-state index in [4.69, 9.17) is 0 Å². The second-order valence-electron chi connectivity index (χ2n) is 5.55. The summed E-state index contributed by atoms with van der Waals surface area (Å²) in [5.41, 5.74) is 2.29. The van der Waals surface area contributed by atoms with Crippen LogP contribution in [0.1, 0.15) is 24.8 Å². The van der Waals surface area contributed by atoms with Crippen LogP contribution in [0, 0.1) is 5.92 Å². The topological polar surface area (TPSA) is 36.1 Å². The van der Waals surface area contributed by atoms with Gasteiger partial charge >= 0.3 is 0 Å². The molecule has 2 aromatic rings. The molecule has 1 aromatic carbocycles. The maximum atomic E-state index is 12.0. The van der Waals surface area contributed by atoms with Crippen LogP contribution in [0.15, 0.2) is 36.7 Å². The third kappa shape index (κ3) is 1.69. The van der Waals surface area contributed by atoms with E-state index in [1.165, 1.54) is 5.39 Å². The van der Waals surface area contributed by atoms with Crippen LogP contribution in [0.25, 0.3) is 17.0 Å². The van der Waals surface area contributed by atoms with Crippen LogP contribution in [0.4, 0.5) is 0 Å². The van der Waals surface area contributed by atoms with Gasteiger partial charge in [0.15, 0.2) is 0 Å². The lowest BCUT2D eigenvalue weighted by atomic mass is 10.1. The number of nitrogens with zero attached hydrogens (tertiary/aromatic N) is 1. The van der Waals surface area contributed by atoms with Gasteiger partial charge in [0, 0.05) is 29.9 Å². The predicted octanol–water partition coefficient (Wildman–Crippen LogP) is 3.15. The second-order valence-corrected chi connectivity index (χ2v) is 5.55. The molecular weight excluding hydrogens is 236 g/mol. The molecule has 1 aromatic heterocycles. The number of rotatable bonds is 2. The first-order chi connectivity index (χ1) is 9.31.